The number of nitrogens with zero attached hydrogens (tertiary/aromatic N) is 7. The molecule has 1 saturated heterocycles. The van der Waals surface area contributed by atoms with Crippen LogP contribution >= 0.6 is 11.6 Å². The molecule has 264 valence electrons. The number of carbonyl (C=O) groups is 3. The number of halogens is 4. The SMILES string of the molecule is CCc1c(N2CCN(C(=O)CNC(=O)c3ccno3)CC2)c(=O)n2nc(C3=CCOCC3)nc2n1CC(=O)Nc1ccc(C(F)(F)F)cc1Cl. The van der Waals surface area contributed by atoms with Crippen LogP contribution in [-0.2, 0) is 33.5 Å². The van der Waals surface area contributed by atoms with Crippen LogP contribution in [0, 0.1) is 0 Å². The molecule has 4 aromatic rings. The van der Waals surface area contributed by atoms with Crippen LogP contribution in [0.1, 0.15) is 41.0 Å². The number of nitrogens with one attached hydrogen (secondary N) is 2. The summed E-state index contributed by atoms with van der Waals surface area (Å²) < 4.78 is 52.4. The van der Waals surface area contributed by atoms with Gasteiger partial charge in [-0.25, -0.2) is 0 Å². The van der Waals surface area contributed by atoms with E-state index in [1.165, 1.54) is 12.3 Å². The minimum Gasteiger partial charge on any atom is -0.377 e. The fraction of sp³-hybridized carbons (Fsp3) is 0.387. The van der Waals surface area contributed by atoms with Gasteiger partial charge in [-0.05, 0) is 36.6 Å². The number of amides is 3. The van der Waals surface area contributed by atoms with E-state index in [1.807, 2.05) is 17.9 Å². The smallest absolute Gasteiger partial charge is 0.377 e. The van der Waals surface area contributed by atoms with Gasteiger partial charge in [-0.1, -0.05) is 29.8 Å². The topological polar surface area (TPSA) is 169 Å². The maximum Gasteiger partial charge on any atom is 0.416 e. The summed E-state index contributed by atoms with van der Waals surface area (Å²) >= 11 is 6.10. The van der Waals surface area contributed by atoms with Crippen LogP contribution in [0.2, 0.25) is 5.02 Å². The molecule has 15 nitrogen and oxygen atoms in total. The normalized spacial score (nSPS) is 15.3. The molecule has 1 aromatic carbocycles. The van der Waals surface area contributed by atoms with Gasteiger partial charge >= 0.3 is 6.18 Å². The number of ether oxygens (including phenoxy) is 1. The first-order valence-electron chi connectivity index (χ1n) is 15.6. The van der Waals surface area contributed by atoms with Crippen molar-refractivity contribution in [1.82, 2.24) is 34.5 Å². The first-order chi connectivity index (χ1) is 23.9. The molecule has 1 fully saturated rings. The maximum absolute atomic E-state index is 14.1. The minimum absolute atomic E-state index is 0.0210. The third-order valence-electron chi connectivity index (χ3n) is 8.29. The van der Waals surface area contributed by atoms with Gasteiger partial charge in [-0.3, -0.25) is 19.2 Å². The third-order valence-corrected chi connectivity index (χ3v) is 8.61. The Hall–Kier alpha value is -5.23. The van der Waals surface area contributed by atoms with Gasteiger partial charge in [0.1, 0.15) is 12.2 Å². The molecule has 50 heavy (non-hydrogen) atoms. The number of rotatable bonds is 9. The monoisotopic (exact) mass is 717 g/mol. The van der Waals surface area contributed by atoms with Crippen molar-refractivity contribution in [2.75, 3.05) is 56.2 Å². The summed E-state index contributed by atoms with van der Waals surface area (Å²) in [6, 6.07) is 3.99. The quantitative estimate of drug-likeness (QED) is 0.263. The molecule has 0 aliphatic carbocycles. The van der Waals surface area contributed by atoms with Crippen LogP contribution in [0.4, 0.5) is 24.5 Å². The summed E-state index contributed by atoms with van der Waals surface area (Å²) in [5.41, 5.74) is 0.0571. The molecule has 2 aliphatic heterocycles. The van der Waals surface area contributed by atoms with Crippen molar-refractivity contribution in [3.05, 3.63) is 74.8 Å². The number of anilines is 2. The fourth-order valence-electron chi connectivity index (χ4n) is 5.79. The van der Waals surface area contributed by atoms with E-state index >= 15 is 0 Å². The van der Waals surface area contributed by atoms with Crippen molar-refractivity contribution < 1.29 is 36.8 Å². The summed E-state index contributed by atoms with van der Waals surface area (Å²) in [7, 11) is 0. The highest BCUT2D eigenvalue weighted by atomic mass is 35.5. The zero-order valence-corrected chi connectivity index (χ0v) is 27.4. The second kappa shape index (κ2) is 14.3. The lowest BCUT2D eigenvalue weighted by atomic mass is 10.1. The highest BCUT2D eigenvalue weighted by Crippen LogP contribution is 2.34. The molecular formula is C31H31ClF3N9O6. The Kier molecular flexibility index (Phi) is 9.92. The largest absolute Gasteiger partial charge is 0.416 e. The molecule has 0 unspecified atom stereocenters. The highest BCUT2D eigenvalue weighted by Gasteiger charge is 2.32. The Bertz CT molecular complexity index is 2020. The van der Waals surface area contributed by atoms with Gasteiger partial charge in [0, 0.05) is 32.2 Å². The second-order valence-electron chi connectivity index (χ2n) is 11.4. The molecule has 0 radical (unpaired) electrons. The first kappa shape index (κ1) is 34.6. The number of benzene rings is 1. The zero-order valence-electron chi connectivity index (χ0n) is 26.6. The summed E-state index contributed by atoms with van der Waals surface area (Å²) in [5.74, 6) is -1.16. The van der Waals surface area contributed by atoms with E-state index in [-0.39, 0.29) is 73.1 Å². The molecule has 5 heterocycles. The number of hydrogen-bond donors (Lipinski definition) is 2. The lowest BCUT2D eigenvalue weighted by Gasteiger charge is -2.36. The van der Waals surface area contributed by atoms with E-state index in [0.29, 0.717) is 37.6 Å². The molecular weight excluding hydrogens is 687 g/mol. The van der Waals surface area contributed by atoms with Crippen LogP contribution in [-0.4, -0.2) is 92.9 Å². The number of piperazine rings is 1. The van der Waals surface area contributed by atoms with Crippen molar-refractivity contribution in [2.24, 2.45) is 0 Å². The minimum atomic E-state index is -4.61. The summed E-state index contributed by atoms with van der Waals surface area (Å²) in [6.07, 6.45) is -0.673. The lowest BCUT2D eigenvalue weighted by Crippen LogP contribution is -2.52. The van der Waals surface area contributed by atoms with Crippen LogP contribution in [0.5, 0.6) is 0 Å². The number of aromatic nitrogens is 5. The molecule has 3 aromatic heterocycles. The predicted octanol–water partition coefficient (Wildman–Crippen LogP) is 2.63. The Morgan fingerprint density at radius 1 is 1.10 bits per heavy atom. The van der Waals surface area contributed by atoms with Gasteiger partial charge < -0.3 is 34.3 Å². The van der Waals surface area contributed by atoms with Gasteiger partial charge in [0.05, 0.1) is 47.9 Å². The zero-order chi connectivity index (χ0) is 35.6. The highest BCUT2D eigenvalue weighted by molar-refractivity contribution is 6.33. The van der Waals surface area contributed by atoms with Crippen molar-refractivity contribution in [2.45, 2.75) is 32.5 Å². The first-order valence-corrected chi connectivity index (χ1v) is 16.0. The van der Waals surface area contributed by atoms with Crippen LogP contribution < -0.4 is 21.1 Å². The van der Waals surface area contributed by atoms with E-state index in [0.717, 1.165) is 28.3 Å². The maximum atomic E-state index is 14.1. The number of hydrogen-bond acceptors (Lipinski definition) is 10. The fourth-order valence-corrected chi connectivity index (χ4v) is 6.02. The van der Waals surface area contributed by atoms with Crippen molar-refractivity contribution in [1.29, 1.82) is 0 Å². The van der Waals surface area contributed by atoms with Crippen molar-refractivity contribution in [3.8, 4) is 0 Å². The Morgan fingerprint density at radius 3 is 2.52 bits per heavy atom. The molecule has 3 amide bonds. The van der Waals surface area contributed by atoms with Gasteiger partial charge in [-0.2, -0.15) is 22.7 Å². The molecule has 0 saturated carbocycles. The van der Waals surface area contributed by atoms with E-state index < -0.39 is 29.1 Å². The number of carbonyl (C=O) groups excluding carboxylic acids is 3. The van der Waals surface area contributed by atoms with Crippen LogP contribution in [0.3, 0.4) is 0 Å². The summed E-state index contributed by atoms with van der Waals surface area (Å²) in [6.45, 7) is 2.95. The van der Waals surface area contributed by atoms with Crippen molar-refractivity contribution >= 4 is 52.0 Å². The second-order valence-corrected chi connectivity index (χ2v) is 11.8. The van der Waals surface area contributed by atoms with Gasteiger partial charge in [0.2, 0.25) is 23.4 Å². The predicted molar refractivity (Wildman–Crippen MR) is 173 cm³/mol. The van der Waals surface area contributed by atoms with Gasteiger partial charge in [0.15, 0.2) is 5.82 Å². The van der Waals surface area contributed by atoms with E-state index in [2.05, 4.69) is 25.9 Å². The summed E-state index contributed by atoms with van der Waals surface area (Å²) in [5, 5.41) is 12.8. The summed E-state index contributed by atoms with van der Waals surface area (Å²) in [4.78, 5) is 60.6. The third kappa shape index (κ3) is 7.20. The van der Waals surface area contributed by atoms with Gasteiger partial charge in [0.25, 0.3) is 11.5 Å². The van der Waals surface area contributed by atoms with E-state index in [4.69, 9.17) is 20.9 Å². The molecule has 19 heteroatoms. The number of alkyl halides is 3. The van der Waals surface area contributed by atoms with E-state index in [9.17, 15) is 32.3 Å². The van der Waals surface area contributed by atoms with Crippen LogP contribution in [0.25, 0.3) is 11.4 Å². The van der Waals surface area contributed by atoms with Crippen molar-refractivity contribution in [3.63, 3.8) is 0 Å². The molecule has 0 bridgehead atoms. The molecule has 6 rings (SSSR count). The molecule has 0 atom stereocenters. The Balaban J connectivity index is 1.28. The average Bonchev–Trinajstić information content (AvgIpc) is 3.81. The lowest BCUT2D eigenvalue weighted by molar-refractivity contribution is -0.137. The number of fused-ring (bicyclic) bond motifs is 1. The molecule has 2 aliphatic rings. The van der Waals surface area contributed by atoms with E-state index in [1.54, 1.807) is 9.47 Å². The van der Waals surface area contributed by atoms with Crippen LogP contribution in [0.15, 0.2) is 45.9 Å². The molecule has 2 N–H and O–H groups in total. The standard InChI is InChI=1S/C31H31ClF3N9O6/c1-2-22-26(42-11-9-41(10-12-42)25(46)16-36-28(47)23-5-8-37-50-23)29(48)44-30(39-27(40-44)18-6-13-49-14-7-18)43(22)17-24(45)38-21-4-3-19(15-20(21)32)31(33,34)35/h3-6,8,15H,2,7,9-14,16-17H2,1H3,(H,36,47)(H,38,45). The van der Waals surface area contributed by atoms with Gasteiger partial charge in [-0.15, -0.1) is 5.10 Å². The Labute approximate surface area is 286 Å². The molecule has 0 spiro atoms. The average molecular weight is 718 g/mol. The Morgan fingerprint density at radius 2 is 1.88 bits per heavy atom.